The minimum absolute atomic E-state index is 0.141. The second-order valence-corrected chi connectivity index (χ2v) is 4.93. The van der Waals surface area contributed by atoms with Crippen molar-refractivity contribution in [1.29, 1.82) is 0 Å². The Labute approximate surface area is 124 Å². The average molecular weight is 287 g/mol. The summed E-state index contributed by atoms with van der Waals surface area (Å²) >= 11 is 0. The van der Waals surface area contributed by atoms with E-state index in [1.54, 1.807) is 24.1 Å². The highest BCUT2D eigenvalue weighted by Crippen LogP contribution is 2.22. The Morgan fingerprint density at radius 2 is 1.86 bits per heavy atom. The molecule has 0 N–H and O–H groups in total. The summed E-state index contributed by atoms with van der Waals surface area (Å²) in [5, 5.41) is 0. The fourth-order valence-corrected chi connectivity index (χ4v) is 2.13. The monoisotopic (exact) mass is 287 g/mol. The molecule has 0 bridgehead atoms. The van der Waals surface area contributed by atoms with Crippen LogP contribution in [0.2, 0.25) is 0 Å². The van der Waals surface area contributed by atoms with Crippen LogP contribution in [0.5, 0.6) is 5.75 Å². The van der Waals surface area contributed by atoms with E-state index in [-0.39, 0.29) is 5.78 Å². The fraction of sp³-hybridized carbons (Fsp3) is 0.235. The molecule has 0 saturated heterocycles. The summed E-state index contributed by atoms with van der Waals surface area (Å²) in [6, 6.07) is 12.2. The Kier molecular flexibility index (Phi) is 4.58. The van der Waals surface area contributed by atoms with Gasteiger partial charge in [-0.2, -0.15) is 0 Å². The molecule has 0 amide bonds. The summed E-state index contributed by atoms with van der Waals surface area (Å²) < 4.78 is 19.2. The number of anilines is 1. The lowest BCUT2D eigenvalue weighted by molar-refractivity contribution is 0.101. The van der Waals surface area contributed by atoms with Crippen LogP contribution in [0, 0.1) is 5.82 Å². The first-order chi connectivity index (χ1) is 10.0. The Morgan fingerprint density at radius 3 is 2.38 bits per heavy atom. The molecular weight excluding hydrogens is 269 g/mol. The molecule has 0 fully saturated rings. The van der Waals surface area contributed by atoms with Gasteiger partial charge in [0.25, 0.3) is 0 Å². The maximum absolute atomic E-state index is 14.1. The Bertz CT molecular complexity index is 638. The van der Waals surface area contributed by atoms with Crippen molar-refractivity contribution in [3.8, 4) is 5.75 Å². The van der Waals surface area contributed by atoms with Crippen molar-refractivity contribution in [2.24, 2.45) is 0 Å². The molecule has 0 heterocycles. The van der Waals surface area contributed by atoms with Crippen LogP contribution in [0.25, 0.3) is 0 Å². The number of carbonyl (C=O) groups excluding carboxylic acids is 1. The fourth-order valence-electron chi connectivity index (χ4n) is 2.13. The number of halogens is 1. The maximum atomic E-state index is 14.1. The maximum Gasteiger partial charge on any atom is 0.159 e. The highest BCUT2D eigenvalue weighted by atomic mass is 19.1. The molecule has 0 spiro atoms. The van der Waals surface area contributed by atoms with Gasteiger partial charge in [0.2, 0.25) is 0 Å². The van der Waals surface area contributed by atoms with E-state index in [0.717, 1.165) is 11.3 Å². The number of ether oxygens (including phenoxy) is 1. The van der Waals surface area contributed by atoms with Gasteiger partial charge in [0.05, 0.1) is 12.8 Å². The molecule has 2 rings (SSSR count). The predicted octanol–water partition coefficient (Wildman–Crippen LogP) is 3.67. The van der Waals surface area contributed by atoms with Crippen LogP contribution in [0.3, 0.4) is 0 Å². The first-order valence-corrected chi connectivity index (χ1v) is 6.66. The molecule has 0 radical (unpaired) electrons. The van der Waals surface area contributed by atoms with Crippen molar-refractivity contribution in [2.75, 3.05) is 19.1 Å². The SMILES string of the molecule is COc1ccc(CN(C)c2ccc(C(C)=O)cc2F)cc1. The first-order valence-electron chi connectivity index (χ1n) is 6.66. The predicted molar refractivity (Wildman–Crippen MR) is 81.5 cm³/mol. The van der Waals surface area contributed by atoms with E-state index in [1.807, 2.05) is 31.3 Å². The Morgan fingerprint density at radius 1 is 1.19 bits per heavy atom. The van der Waals surface area contributed by atoms with Crippen LogP contribution < -0.4 is 9.64 Å². The van der Waals surface area contributed by atoms with E-state index in [4.69, 9.17) is 4.74 Å². The third kappa shape index (κ3) is 3.60. The number of carbonyl (C=O) groups is 1. The number of hydrogen-bond acceptors (Lipinski definition) is 3. The minimum Gasteiger partial charge on any atom is -0.497 e. The van der Waals surface area contributed by atoms with Crippen LogP contribution in [0.1, 0.15) is 22.8 Å². The van der Waals surface area contributed by atoms with Gasteiger partial charge in [-0.3, -0.25) is 4.79 Å². The molecule has 21 heavy (non-hydrogen) atoms. The quantitative estimate of drug-likeness (QED) is 0.786. The van der Waals surface area contributed by atoms with E-state index >= 15 is 0 Å². The first kappa shape index (κ1) is 15.0. The van der Waals surface area contributed by atoms with Gasteiger partial charge in [-0.1, -0.05) is 12.1 Å². The Balaban J connectivity index is 2.15. The van der Waals surface area contributed by atoms with Gasteiger partial charge >= 0.3 is 0 Å². The summed E-state index contributed by atoms with van der Waals surface area (Å²) in [6.45, 7) is 2.00. The molecule has 3 nitrogen and oxygen atoms in total. The van der Waals surface area contributed by atoms with Gasteiger partial charge in [-0.25, -0.2) is 4.39 Å². The standard InChI is InChI=1S/C17H18FNO2/c1-12(20)14-6-9-17(16(18)10-14)19(2)11-13-4-7-15(21-3)8-5-13/h4-10H,11H2,1-3H3. The molecule has 0 aliphatic heterocycles. The number of benzene rings is 2. The van der Waals surface area contributed by atoms with Gasteiger partial charge in [0.1, 0.15) is 11.6 Å². The largest absolute Gasteiger partial charge is 0.497 e. The summed E-state index contributed by atoms with van der Waals surface area (Å²) in [7, 11) is 3.43. The lowest BCUT2D eigenvalue weighted by Crippen LogP contribution is -2.18. The van der Waals surface area contributed by atoms with E-state index in [9.17, 15) is 9.18 Å². The van der Waals surface area contributed by atoms with E-state index in [1.165, 1.54) is 13.0 Å². The summed E-state index contributed by atoms with van der Waals surface area (Å²) in [5.41, 5.74) is 1.90. The van der Waals surface area contributed by atoms with Gasteiger partial charge in [0, 0.05) is 19.2 Å². The van der Waals surface area contributed by atoms with E-state index in [0.29, 0.717) is 17.8 Å². The number of ketones is 1. The van der Waals surface area contributed by atoms with Crippen molar-refractivity contribution in [2.45, 2.75) is 13.5 Å². The third-order valence-corrected chi connectivity index (χ3v) is 3.34. The number of nitrogens with zero attached hydrogens (tertiary/aromatic N) is 1. The molecule has 0 aromatic heterocycles. The van der Waals surface area contributed by atoms with Gasteiger partial charge < -0.3 is 9.64 Å². The molecular formula is C17H18FNO2. The zero-order valence-electron chi connectivity index (χ0n) is 12.4. The summed E-state index contributed by atoms with van der Waals surface area (Å²) in [6.07, 6.45) is 0. The van der Waals surface area contributed by atoms with Gasteiger partial charge in [-0.05, 0) is 42.8 Å². The van der Waals surface area contributed by atoms with Crippen LogP contribution in [-0.4, -0.2) is 19.9 Å². The number of hydrogen-bond donors (Lipinski definition) is 0. The van der Waals surface area contributed by atoms with Crippen molar-refractivity contribution in [3.63, 3.8) is 0 Å². The summed E-state index contributed by atoms with van der Waals surface area (Å²) in [5.74, 6) is 0.260. The van der Waals surface area contributed by atoms with Crippen LogP contribution >= 0.6 is 0 Å². The summed E-state index contributed by atoms with van der Waals surface area (Å²) in [4.78, 5) is 13.0. The van der Waals surface area contributed by atoms with E-state index < -0.39 is 5.82 Å². The van der Waals surface area contributed by atoms with Crippen molar-refractivity contribution < 1.29 is 13.9 Å². The molecule has 0 atom stereocenters. The molecule has 2 aromatic carbocycles. The van der Waals surface area contributed by atoms with Crippen molar-refractivity contribution in [1.82, 2.24) is 0 Å². The third-order valence-electron chi connectivity index (χ3n) is 3.34. The van der Waals surface area contributed by atoms with E-state index in [2.05, 4.69) is 0 Å². The van der Waals surface area contributed by atoms with Crippen LogP contribution in [0.15, 0.2) is 42.5 Å². The minimum atomic E-state index is -0.390. The molecule has 110 valence electrons. The van der Waals surface area contributed by atoms with Crippen molar-refractivity contribution >= 4 is 11.5 Å². The number of rotatable bonds is 5. The molecule has 0 saturated carbocycles. The lowest BCUT2D eigenvalue weighted by Gasteiger charge is -2.20. The highest BCUT2D eigenvalue weighted by Gasteiger charge is 2.10. The molecule has 0 unspecified atom stereocenters. The zero-order valence-corrected chi connectivity index (χ0v) is 12.4. The second-order valence-electron chi connectivity index (χ2n) is 4.93. The molecule has 0 aliphatic rings. The normalized spacial score (nSPS) is 10.3. The highest BCUT2D eigenvalue weighted by molar-refractivity contribution is 5.94. The smallest absolute Gasteiger partial charge is 0.159 e. The molecule has 0 aliphatic carbocycles. The zero-order chi connectivity index (χ0) is 15.4. The number of Topliss-reactive ketones (excluding diaryl/α,β-unsaturated/α-hetero) is 1. The number of methoxy groups -OCH3 is 1. The van der Waals surface area contributed by atoms with Crippen LogP contribution in [0.4, 0.5) is 10.1 Å². The van der Waals surface area contributed by atoms with Crippen LogP contribution in [-0.2, 0) is 6.54 Å². The topological polar surface area (TPSA) is 29.5 Å². The second kappa shape index (κ2) is 6.39. The molecule has 4 heteroatoms. The van der Waals surface area contributed by atoms with Gasteiger partial charge in [0.15, 0.2) is 5.78 Å². The lowest BCUT2D eigenvalue weighted by atomic mass is 10.1. The van der Waals surface area contributed by atoms with Gasteiger partial charge in [-0.15, -0.1) is 0 Å². The molecule has 2 aromatic rings. The average Bonchev–Trinajstić information content (AvgIpc) is 2.47. The Hall–Kier alpha value is -2.36. The van der Waals surface area contributed by atoms with Crippen molar-refractivity contribution in [3.05, 3.63) is 59.4 Å².